The topological polar surface area (TPSA) is 67.2 Å². The molecule has 6 heteroatoms. The van der Waals surface area contributed by atoms with E-state index in [1.165, 1.54) is 0 Å². The number of rotatable bonds is 10. The summed E-state index contributed by atoms with van der Waals surface area (Å²) in [7, 11) is 0. The summed E-state index contributed by atoms with van der Waals surface area (Å²) in [4.78, 5) is 32.8. The number of hydrogen-bond donors (Lipinski definition) is 1. The van der Waals surface area contributed by atoms with Crippen LogP contribution in [0.4, 0.5) is 0 Å². The molecular formula is C28H38N4O2. The Morgan fingerprint density at radius 1 is 1.00 bits per heavy atom. The van der Waals surface area contributed by atoms with Crippen molar-refractivity contribution in [3.63, 3.8) is 0 Å². The lowest BCUT2D eigenvalue weighted by Crippen LogP contribution is -2.39. The highest BCUT2D eigenvalue weighted by Gasteiger charge is 2.20. The highest BCUT2D eigenvalue weighted by atomic mass is 16.2. The van der Waals surface area contributed by atoms with Gasteiger partial charge in [-0.15, -0.1) is 0 Å². The quantitative estimate of drug-likeness (QED) is 0.472. The highest BCUT2D eigenvalue weighted by molar-refractivity contribution is 5.95. The number of aryl methyl sites for hydroxylation is 2. The molecule has 182 valence electrons. The highest BCUT2D eigenvalue weighted by Crippen LogP contribution is 2.18. The van der Waals surface area contributed by atoms with Crippen LogP contribution in [0.25, 0.3) is 11.0 Å². The van der Waals surface area contributed by atoms with Gasteiger partial charge >= 0.3 is 0 Å². The first-order valence-corrected chi connectivity index (χ1v) is 12.2. The third-order valence-corrected chi connectivity index (χ3v) is 5.81. The van der Waals surface area contributed by atoms with Gasteiger partial charge in [-0.3, -0.25) is 9.59 Å². The molecule has 0 aliphatic carbocycles. The first-order valence-electron chi connectivity index (χ1n) is 12.2. The molecule has 0 aliphatic heterocycles. The van der Waals surface area contributed by atoms with Crippen molar-refractivity contribution in [3.8, 4) is 0 Å². The Morgan fingerprint density at radius 3 is 2.32 bits per heavy atom. The smallest absolute Gasteiger partial charge is 0.251 e. The molecule has 0 atom stereocenters. The first-order chi connectivity index (χ1) is 16.2. The Hall–Kier alpha value is -3.15. The Balaban J connectivity index is 1.76. The minimum atomic E-state index is -0.0868. The average molecular weight is 463 g/mol. The molecule has 0 bridgehead atoms. The monoisotopic (exact) mass is 462 g/mol. The molecule has 6 nitrogen and oxygen atoms in total. The van der Waals surface area contributed by atoms with Crippen LogP contribution in [-0.4, -0.2) is 45.9 Å². The van der Waals surface area contributed by atoms with Crippen molar-refractivity contribution in [2.24, 2.45) is 11.8 Å². The van der Waals surface area contributed by atoms with Gasteiger partial charge < -0.3 is 14.8 Å². The maximum absolute atomic E-state index is 13.3. The summed E-state index contributed by atoms with van der Waals surface area (Å²) in [6, 6.07) is 13.7. The van der Waals surface area contributed by atoms with Crippen molar-refractivity contribution in [2.75, 3.05) is 19.6 Å². The van der Waals surface area contributed by atoms with E-state index in [0.717, 1.165) is 41.1 Å². The van der Waals surface area contributed by atoms with E-state index in [0.29, 0.717) is 30.4 Å². The van der Waals surface area contributed by atoms with Crippen molar-refractivity contribution in [1.82, 2.24) is 19.8 Å². The van der Waals surface area contributed by atoms with Crippen LogP contribution >= 0.6 is 0 Å². The Bertz CT molecular complexity index is 1140. The zero-order valence-corrected chi connectivity index (χ0v) is 21.4. The van der Waals surface area contributed by atoms with Gasteiger partial charge in [0.2, 0.25) is 5.91 Å². The van der Waals surface area contributed by atoms with E-state index in [-0.39, 0.29) is 18.4 Å². The van der Waals surface area contributed by atoms with Gasteiger partial charge in [-0.2, -0.15) is 0 Å². The third kappa shape index (κ3) is 6.46. The number of carbonyl (C=O) groups is 2. The van der Waals surface area contributed by atoms with Crippen molar-refractivity contribution in [2.45, 2.75) is 54.5 Å². The van der Waals surface area contributed by atoms with E-state index in [9.17, 15) is 9.59 Å². The second-order valence-electron chi connectivity index (χ2n) is 10.0. The minimum absolute atomic E-state index is 0.0868. The van der Waals surface area contributed by atoms with E-state index in [2.05, 4.69) is 33.0 Å². The summed E-state index contributed by atoms with van der Waals surface area (Å²) in [5.74, 6) is 1.64. The zero-order chi connectivity index (χ0) is 24.8. The van der Waals surface area contributed by atoms with E-state index in [1.807, 2.05) is 65.8 Å². The molecule has 0 fully saturated rings. The summed E-state index contributed by atoms with van der Waals surface area (Å²) >= 11 is 0. The number of aromatic nitrogens is 2. The third-order valence-electron chi connectivity index (χ3n) is 5.81. The number of fused-ring (bicyclic) bond motifs is 1. The molecule has 1 aromatic heterocycles. The number of carbonyl (C=O) groups excluding carboxylic acids is 2. The van der Waals surface area contributed by atoms with E-state index >= 15 is 0 Å². The van der Waals surface area contributed by atoms with Crippen LogP contribution in [0.1, 0.15) is 55.0 Å². The summed E-state index contributed by atoms with van der Waals surface area (Å²) in [5, 5.41) is 3.02. The van der Waals surface area contributed by atoms with Gasteiger partial charge in [-0.1, -0.05) is 57.5 Å². The fourth-order valence-corrected chi connectivity index (χ4v) is 4.34. The number of hydrogen-bond acceptors (Lipinski definition) is 3. The molecule has 0 spiro atoms. The van der Waals surface area contributed by atoms with Crippen LogP contribution in [0.2, 0.25) is 0 Å². The first kappa shape index (κ1) is 25.5. The number of amides is 2. The number of nitrogens with one attached hydrogen (secondary N) is 1. The van der Waals surface area contributed by atoms with Crippen LogP contribution in [0.3, 0.4) is 0 Å². The SMILES string of the molecule is Cc1ccc(C(=O)NCCc2nc3ccccc3n2CC(=O)N(CC(C)C)CC(C)C)c(C)c1. The van der Waals surface area contributed by atoms with Crippen LogP contribution in [0.15, 0.2) is 42.5 Å². The molecular weight excluding hydrogens is 424 g/mol. The number of nitrogens with zero attached hydrogens (tertiary/aromatic N) is 3. The number of imidazole rings is 1. The van der Waals surface area contributed by atoms with Gasteiger partial charge in [0, 0.05) is 31.6 Å². The Morgan fingerprint density at radius 2 is 1.68 bits per heavy atom. The summed E-state index contributed by atoms with van der Waals surface area (Å²) in [6.45, 7) is 14.7. The molecule has 1 heterocycles. The second-order valence-corrected chi connectivity index (χ2v) is 10.0. The van der Waals surface area contributed by atoms with Crippen LogP contribution in [0.5, 0.6) is 0 Å². The Labute approximate surface area is 203 Å². The molecule has 2 amide bonds. The number of benzene rings is 2. The Kier molecular flexibility index (Phi) is 8.48. The lowest BCUT2D eigenvalue weighted by atomic mass is 10.1. The lowest BCUT2D eigenvalue weighted by Gasteiger charge is -2.27. The molecule has 0 aliphatic rings. The minimum Gasteiger partial charge on any atom is -0.352 e. The van der Waals surface area contributed by atoms with Crippen molar-refractivity contribution in [3.05, 3.63) is 65.0 Å². The molecule has 0 saturated heterocycles. The molecule has 3 aromatic rings. The van der Waals surface area contributed by atoms with Gasteiger partial charge in [0.15, 0.2) is 0 Å². The maximum atomic E-state index is 13.3. The predicted molar refractivity (Wildman–Crippen MR) is 138 cm³/mol. The van der Waals surface area contributed by atoms with Crippen LogP contribution in [0, 0.1) is 25.7 Å². The van der Waals surface area contributed by atoms with Gasteiger partial charge in [-0.05, 0) is 49.4 Å². The van der Waals surface area contributed by atoms with Crippen LogP contribution in [-0.2, 0) is 17.8 Å². The molecule has 2 aromatic carbocycles. The van der Waals surface area contributed by atoms with Crippen LogP contribution < -0.4 is 5.32 Å². The molecule has 0 unspecified atom stereocenters. The van der Waals surface area contributed by atoms with Gasteiger partial charge in [0.25, 0.3) is 5.91 Å². The molecule has 0 radical (unpaired) electrons. The molecule has 1 N–H and O–H groups in total. The van der Waals surface area contributed by atoms with Gasteiger partial charge in [0.05, 0.1) is 11.0 Å². The van der Waals surface area contributed by atoms with E-state index < -0.39 is 0 Å². The zero-order valence-electron chi connectivity index (χ0n) is 21.4. The largest absolute Gasteiger partial charge is 0.352 e. The fourth-order valence-electron chi connectivity index (χ4n) is 4.34. The molecule has 34 heavy (non-hydrogen) atoms. The van der Waals surface area contributed by atoms with E-state index in [1.54, 1.807) is 0 Å². The van der Waals surface area contributed by atoms with E-state index in [4.69, 9.17) is 4.98 Å². The summed E-state index contributed by atoms with van der Waals surface area (Å²) in [5.41, 5.74) is 4.60. The van der Waals surface area contributed by atoms with Crippen molar-refractivity contribution in [1.29, 1.82) is 0 Å². The van der Waals surface area contributed by atoms with Crippen molar-refractivity contribution < 1.29 is 9.59 Å². The summed E-state index contributed by atoms with van der Waals surface area (Å²) in [6.07, 6.45) is 0.549. The fraction of sp³-hybridized carbons (Fsp3) is 0.464. The summed E-state index contributed by atoms with van der Waals surface area (Å²) < 4.78 is 2.01. The van der Waals surface area contributed by atoms with Crippen molar-refractivity contribution >= 4 is 22.8 Å². The lowest BCUT2D eigenvalue weighted by molar-refractivity contribution is -0.132. The standard InChI is InChI=1S/C28H38N4O2/c1-19(2)16-31(17-20(3)4)27(33)18-32-25-10-8-7-9-24(25)30-26(32)13-14-29-28(34)23-12-11-21(5)15-22(23)6/h7-12,15,19-20H,13-14,16-18H2,1-6H3,(H,29,34). The molecule has 0 saturated carbocycles. The van der Waals surface area contributed by atoms with Gasteiger partial charge in [-0.25, -0.2) is 4.98 Å². The second kappa shape index (κ2) is 11.3. The normalized spacial score (nSPS) is 11.4. The van der Waals surface area contributed by atoms with Gasteiger partial charge in [0.1, 0.15) is 12.4 Å². The number of para-hydroxylation sites is 2. The predicted octanol–water partition coefficient (Wildman–Crippen LogP) is 4.77. The molecule has 3 rings (SSSR count). The maximum Gasteiger partial charge on any atom is 0.251 e. The average Bonchev–Trinajstić information content (AvgIpc) is 3.09.